The molecule has 0 aliphatic heterocycles. The summed E-state index contributed by atoms with van der Waals surface area (Å²) in [6, 6.07) is 15.1. The van der Waals surface area contributed by atoms with Crippen LogP contribution in [0.2, 0.25) is 0 Å². The van der Waals surface area contributed by atoms with Crippen LogP contribution in [0.4, 0.5) is 14.9 Å². The van der Waals surface area contributed by atoms with Gasteiger partial charge in [0.1, 0.15) is 5.82 Å². The Hall–Kier alpha value is -2.25. The van der Waals surface area contributed by atoms with Gasteiger partial charge >= 0.3 is 0 Å². The minimum absolute atomic E-state index is 0.226. The van der Waals surface area contributed by atoms with Crippen LogP contribution in [0.5, 0.6) is 0 Å². The van der Waals surface area contributed by atoms with Crippen LogP contribution in [0.1, 0.15) is 5.56 Å². The summed E-state index contributed by atoms with van der Waals surface area (Å²) in [7, 11) is 0. The molecule has 20 heavy (non-hydrogen) atoms. The van der Waals surface area contributed by atoms with Crippen LogP contribution in [0.25, 0.3) is 0 Å². The van der Waals surface area contributed by atoms with Crippen LogP contribution in [-0.4, -0.2) is 11.8 Å². The lowest BCUT2D eigenvalue weighted by Crippen LogP contribution is -2.26. The SMILES string of the molecule is O=C(S)N(CC#Cc1ccc(F)cc1)c1ccccc1. The van der Waals surface area contributed by atoms with E-state index in [0.29, 0.717) is 5.56 Å². The van der Waals surface area contributed by atoms with Crippen LogP contribution in [-0.2, 0) is 0 Å². The van der Waals surface area contributed by atoms with Crippen LogP contribution in [0, 0.1) is 17.7 Å². The second-order valence-electron chi connectivity index (χ2n) is 4.01. The van der Waals surface area contributed by atoms with E-state index in [1.807, 2.05) is 30.3 Å². The molecule has 2 nitrogen and oxygen atoms in total. The third kappa shape index (κ3) is 3.87. The van der Waals surface area contributed by atoms with E-state index in [-0.39, 0.29) is 17.6 Å². The number of thiol groups is 1. The predicted octanol–water partition coefficient (Wildman–Crippen LogP) is 3.73. The topological polar surface area (TPSA) is 20.3 Å². The standard InChI is InChI=1S/C16H12FNOS/c17-14-10-8-13(9-11-14)5-4-12-18(16(19)20)15-6-2-1-3-7-15/h1-3,6-11H,12H2,(H,19,20). The van der Waals surface area contributed by atoms with Gasteiger partial charge in [-0.05, 0) is 36.4 Å². The highest BCUT2D eigenvalue weighted by Gasteiger charge is 2.09. The number of benzene rings is 2. The predicted molar refractivity (Wildman–Crippen MR) is 81.4 cm³/mol. The van der Waals surface area contributed by atoms with Crippen molar-refractivity contribution in [3.8, 4) is 11.8 Å². The lowest BCUT2D eigenvalue weighted by atomic mass is 10.2. The van der Waals surface area contributed by atoms with Crippen LogP contribution >= 0.6 is 12.6 Å². The molecule has 0 saturated heterocycles. The first kappa shape index (κ1) is 14.2. The summed E-state index contributed by atoms with van der Waals surface area (Å²) in [6.45, 7) is 0.226. The number of carbonyl (C=O) groups is 1. The number of carbonyl (C=O) groups excluding carboxylic acids is 1. The van der Waals surface area contributed by atoms with Gasteiger partial charge in [0.15, 0.2) is 0 Å². The van der Waals surface area contributed by atoms with Crippen molar-refractivity contribution in [3.05, 3.63) is 66.0 Å². The average molecular weight is 285 g/mol. The third-order valence-corrected chi connectivity index (χ3v) is 2.85. The van der Waals surface area contributed by atoms with E-state index < -0.39 is 0 Å². The van der Waals surface area contributed by atoms with Crippen LogP contribution in [0.3, 0.4) is 0 Å². The summed E-state index contributed by atoms with van der Waals surface area (Å²) < 4.78 is 12.8. The molecule has 0 heterocycles. The minimum atomic E-state index is -0.371. The molecule has 0 spiro atoms. The van der Waals surface area contributed by atoms with Crippen molar-refractivity contribution in [1.29, 1.82) is 0 Å². The van der Waals surface area contributed by atoms with Gasteiger partial charge in [-0.25, -0.2) is 4.39 Å². The van der Waals surface area contributed by atoms with Crippen LogP contribution < -0.4 is 4.90 Å². The summed E-state index contributed by atoms with van der Waals surface area (Å²) in [6.07, 6.45) is 0. The van der Waals surface area contributed by atoms with Gasteiger partial charge in [-0.15, -0.1) is 0 Å². The largest absolute Gasteiger partial charge is 0.292 e. The number of hydrogen-bond acceptors (Lipinski definition) is 1. The van der Waals surface area contributed by atoms with Crippen molar-refractivity contribution < 1.29 is 9.18 Å². The molecule has 0 aliphatic carbocycles. The van der Waals surface area contributed by atoms with Gasteiger partial charge < -0.3 is 0 Å². The summed E-state index contributed by atoms with van der Waals surface area (Å²) in [5, 5.41) is -0.371. The first-order valence-corrected chi connectivity index (χ1v) is 6.41. The maximum Gasteiger partial charge on any atom is 0.283 e. The van der Waals surface area contributed by atoms with Gasteiger partial charge in [-0.3, -0.25) is 9.69 Å². The van der Waals surface area contributed by atoms with E-state index in [1.54, 1.807) is 12.1 Å². The zero-order chi connectivity index (χ0) is 14.4. The first-order chi connectivity index (χ1) is 9.66. The molecule has 0 atom stereocenters. The van der Waals surface area contributed by atoms with E-state index in [1.165, 1.54) is 17.0 Å². The number of rotatable bonds is 2. The molecule has 0 radical (unpaired) electrons. The lowest BCUT2D eigenvalue weighted by molar-refractivity contribution is 0.266. The van der Waals surface area contributed by atoms with Gasteiger partial charge in [0.05, 0.1) is 6.54 Å². The van der Waals surface area contributed by atoms with Crippen molar-refractivity contribution in [3.63, 3.8) is 0 Å². The molecule has 2 aromatic carbocycles. The first-order valence-electron chi connectivity index (χ1n) is 5.97. The van der Waals surface area contributed by atoms with Gasteiger partial charge in [0, 0.05) is 11.3 Å². The second kappa shape index (κ2) is 6.78. The fourth-order valence-corrected chi connectivity index (χ4v) is 1.82. The van der Waals surface area contributed by atoms with E-state index in [9.17, 15) is 9.18 Å². The van der Waals surface area contributed by atoms with Crippen molar-refractivity contribution in [2.75, 3.05) is 11.4 Å². The van der Waals surface area contributed by atoms with E-state index in [0.717, 1.165) is 5.69 Å². The van der Waals surface area contributed by atoms with Gasteiger partial charge in [0.2, 0.25) is 0 Å². The third-order valence-electron chi connectivity index (χ3n) is 2.61. The molecule has 0 saturated carbocycles. The molecular formula is C16H12FNOS. The number of nitrogens with zero attached hydrogens (tertiary/aromatic N) is 1. The maximum atomic E-state index is 12.8. The van der Waals surface area contributed by atoms with E-state index >= 15 is 0 Å². The normalized spacial score (nSPS) is 9.50. The highest BCUT2D eigenvalue weighted by atomic mass is 32.1. The molecule has 4 heteroatoms. The molecule has 2 aromatic rings. The zero-order valence-electron chi connectivity index (χ0n) is 10.6. The Morgan fingerprint density at radius 1 is 1.10 bits per heavy atom. The fourth-order valence-electron chi connectivity index (χ4n) is 1.63. The highest BCUT2D eigenvalue weighted by molar-refractivity contribution is 7.96. The van der Waals surface area contributed by atoms with Crippen molar-refractivity contribution >= 4 is 23.6 Å². The van der Waals surface area contributed by atoms with E-state index in [4.69, 9.17) is 0 Å². The number of halogens is 1. The summed E-state index contributed by atoms with van der Waals surface area (Å²) in [5.74, 6) is 5.47. The molecule has 0 fully saturated rings. The Bertz CT molecular complexity index is 644. The van der Waals surface area contributed by atoms with Crippen molar-refractivity contribution in [2.45, 2.75) is 0 Å². The van der Waals surface area contributed by atoms with Crippen molar-refractivity contribution in [2.24, 2.45) is 0 Å². The Morgan fingerprint density at radius 3 is 2.35 bits per heavy atom. The van der Waals surface area contributed by atoms with Crippen LogP contribution in [0.15, 0.2) is 54.6 Å². The van der Waals surface area contributed by atoms with Gasteiger partial charge in [-0.1, -0.05) is 42.7 Å². The monoisotopic (exact) mass is 285 g/mol. The molecule has 0 bridgehead atoms. The summed E-state index contributed by atoms with van der Waals surface area (Å²) >= 11 is 3.85. The molecule has 2 rings (SSSR count). The molecule has 1 amide bonds. The number of hydrogen-bond donors (Lipinski definition) is 1. The molecule has 0 aromatic heterocycles. The minimum Gasteiger partial charge on any atom is -0.292 e. The van der Waals surface area contributed by atoms with Crippen molar-refractivity contribution in [1.82, 2.24) is 0 Å². The quantitative estimate of drug-likeness (QED) is 0.658. The van der Waals surface area contributed by atoms with Gasteiger partial charge in [-0.2, -0.15) is 0 Å². The Balaban J connectivity index is 2.11. The van der Waals surface area contributed by atoms with Gasteiger partial charge in [0.25, 0.3) is 5.24 Å². The summed E-state index contributed by atoms with van der Waals surface area (Å²) in [4.78, 5) is 13.0. The molecule has 0 N–H and O–H groups in total. The molecule has 100 valence electrons. The Morgan fingerprint density at radius 2 is 1.75 bits per heavy atom. The molecular weight excluding hydrogens is 273 g/mol. The number of amides is 1. The molecule has 0 aliphatic rings. The lowest BCUT2D eigenvalue weighted by Gasteiger charge is -2.17. The maximum absolute atomic E-state index is 12.8. The molecule has 0 unspecified atom stereocenters. The number of para-hydroxylation sites is 1. The Labute approximate surface area is 122 Å². The number of anilines is 1. The second-order valence-corrected chi connectivity index (χ2v) is 4.40. The smallest absolute Gasteiger partial charge is 0.283 e. The fraction of sp³-hybridized carbons (Fsp3) is 0.0625. The van der Waals surface area contributed by atoms with E-state index in [2.05, 4.69) is 24.5 Å². The summed E-state index contributed by atoms with van der Waals surface area (Å²) in [5.41, 5.74) is 1.44. The Kier molecular flexibility index (Phi) is 4.80. The highest BCUT2D eigenvalue weighted by Crippen LogP contribution is 2.14. The zero-order valence-corrected chi connectivity index (χ0v) is 11.5. The average Bonchev–Trinajstić information content (AvgIpc) is 2.46.